The van der Waals surface area contributed by atoms with Gasteiger partial charge in [-0.25, -0.2) is 0 Å². The maximum Gasteiger partial charge on any atom is 0.0848 e. The molecule has 0 aliphatic rings. The van der Waals surface area contributed by atoms with E-state index < -0.39 is 0 Å². The van der Waals surface area contributed by atoms with Gasteiger partial charge in [0.25, 0.3) is 0 Å². The van der Waals surface area contributed by atoms with E-state index in [2.05, 4.69) is 16.6 Å². The van der Waals surface area contributed by atoms with Gasteiger partial charge in [0, 0.05) is 0 Å². The summed E-state index contributed by atoms with van der Waals surface area (Å²) in [5.41, 5.74) is 1.25. The van der Waals surface area contributed by atoms with Crippen LogP contribution in [0, 0.1) is 4.91 Å². The number of nitroso groups, excluding NO2 is 1. The summed E-state index contributed by atoms with van der Waals surface area (Å²) in [6.45, 7) is 3.43. The predicted molar refractivity (Wildman–Crippen MR) is 47.6 cm³/mol. The summed E-state index contributed by atoms with van der Waals surface area (Å²) < 4.78 is 0. The van der Waals surface area contributed by atoms with Crippen LogP contribution in [0.1, 0.15) is 19.8 Å². The highest BCUT2D eigenvalue weighted by Crippen LogP contribution is 2.00. The van der Waals surface area contributed by atoms with E-state index in [1.54, 1.807) is 0 Å². The third-order valence-corrected chi connectivity index (χ3v) is 1.48. The molecule has 0 aliphatic heterocycles. The van der Waals surface area contributed by atoms with Gasteiger partial charge in [-0.1, -0.05) is 16.8 Å². The molecule has 0 spiro atoms. The van der Waals surface area contributed by atoms with Crippen molar-refractivity contribution in [3.05, 3.63) is 16.6 Å². The van der Waals surface area contributed by atoms with E-state index >= 15 is 0 Å². The molecule has 3 heteroatoms. The number of nitrogens with one attached hydrogen (secondary N) is 1. The molecule has 0 radical (unpaired) electrons. The van der Waals surface area contributed by atoms with Crippen LogP contribution in [0.3, 0.4) is 0 Å². The largest absolute Gasteiger partial charge is 0.319 e. The third kappa shape index (κ3) is 7.19. The van der Waals surface area contributed by atoms with Crippen molar-refractivity contribution in [1.82, 2.24) is 5.32 Å². The van der Waals surface area contributed by atoms with E-state index in [-0.39, 0.29) is 0 Å². The van der Waals surface area contributed by atoms with Crippen LogP contribution in [0.5, 0.6) is 0 Å². The third-order valence-electron chi connectivity index (χ3n) is 1.48. The molecule has 1 N–H and O–H groups in total. The molecule has 0 fully saturated rings. The average molecular weight is 156 g/mol. The van der Waals surface area contributed by atoms with Gasteiger partial charge in [-0.2, -0.15) is 4.91 Å². The summed E-state index contributed by atoms with van der Waals surface area (Å²) in [5.74, 6) is 0. The van der Waals surface area contributed by atoms with Crippen LogP contribution in [0.25, 0.3) is 0 Å². The first kappa shape index (κ1) is 10.3. The molecule has 0 amide bonds. The Morgan fingerprint density at radius 2 is 2.36 bits per heavy atom. The van der Waals surface area contributed by atoms with Crippen molar-refractivity contribution in [2.75, 3.05) is 20.1 Å². The van der Waals surface area contributed by atoms with Gasteiger partial charge in [-0.05, 0) is 33.4 Å². The fourth-order valence-corrected chi connectivity index (χ4v) is 0.787. The topological polar surface area (TPSA) is 41.5 Å². The van der Waals surface area contributed by atoms with Crippen LogP contribution in [-0.4, -0.2) is 20.1 Å². The van der Waals surface area contributed by atoms with Crippen molar-refractivity contribution in [2.24, 2.45) is 5.18 Å². The molecule has 0 aromatic carbocycles. The van der Waals surface area contributed by atoms with Crippen molar-refractivity contribution >= 4 is 0 Å². The highest BCUT2D eigenvalue weighted by molar-refractivity contribution is 4.98. The van der Waals surface area contributed by atoms with Crippen molar-refractivity contribution in [3.8, 4) is 0 Å². The van der Waals surface area contributed by atoms with Crippen molar-refractivity contribution in [2.45, 2.75) is 19.8 Å². The molecule has 3 nitrogen and oxygen atoms in total. The summed E-state index contributed by atoms with van der Waals surface area (Å²) in [6.07, 6.45) is 3.97. The van der Waals surface area contributed by atoms with Crippen LogP contribution >= 0.6 is 0 Å². The normalized spacial score (nSPS) is 11.6. The second-order valence-electron chi connectivity index (χ2n) is 2.55. The summed E-state index contributed by atoms with van der Waals surface area (Å²) >= 11 is 0. The van der Waals surface area contributed by atoms with Gasteiger partial charge in [0.1, 0.15) is 0 Å². The monoisotopic (exact) mass is 156 g/mol. The number of hydrogen-bond donors (Lipinski definition) is 1. The van der Waals surface area contributed by atoms with Gasteiger partial charge in [0.05, 0.1) is 6.54 Å². The average Bonchev–Trinajstić information content (AvgIpc) is 2.01. The first-order valence-electron chi connectivity index (χ1n) is 3.90. The van der Waals surface area contributed by atoms with Crippen LogP contribution < -0.4 is 5.32 Å². The second kappa shape index (κ2) is 7.41. The van der Waals surface area contributed by atoms with Gasteiger partial charge >= 0.3 is 0 Å². The van der Waals surface area contributed by atoms with Crippen LogP contribution in [0.2, 0.25) is 0 Å². The Labute approximate surface area is 67.8 Å². The van der Waals surface area contributed by atoms with E-state index in [1.807, 2.05) is 14.0 Å². The summed E-state index contributed by atoms with van der Waals surface area (Å²) in [7, 11) is 1.93. The lowest BCUT2D eigenvalue weighted by Gasteiger charge is -1.96. The molecule has 0 aromatic rings. The molecule has 0 unspecified atom stereocenters. The molecule has 0 saturated carbocycles. The van der Waals surface area contributed by atoms with E-state index in [0.29, 0.717) is 6.54 Å². The first-order chi connectivity index (χ1) is 5.31. The molecule has 0 heterocycles. The second-order valence-corrected chi connectivity index (χ2v) is 2.55. The number of nitrogens with zero attached hydrogens (tertiary/aromatic N) is 1. The fraction of sp³-hybridized carbons (Fsp3) is 0.750. The lowest BCUT2D eigenvalue weighted by Crippen LogP contribution is -2.06. The predicted octanol–water partition coefficient (Wildman–Crippen LogP) is 1.70. The van der Waals surface area contributed by atoms with E-state index in [0.717, 1.165) is 19.4 Å². The van der Waals surface area contributed by atoms with E-state index in [4.69, 9.17) is 0 Å². The highest BCUT2D eigenvalue weighted by atomic mass is 16.3. The zero-order chi connectivity index (χ0) is 8.53. The minimum Gasteiger partial charge on any atom is -0.319 e. The molecule has 0 saturated heterocycles. The lowest BCUT2D eigenvalue weighted by atomic mass is 10.2. The summed E-state index contributed by atoms with van der Waals surface area (Å²) in [5, 5.41) is 5.85. The Balaban J connectivity index is 3.37. The first-order valence-corrected chi connectivity index (χ1v) is 3.90. The van der Waals surface area contributed by atoms with Gasteiger partial charge in [-0.15, -0.1) is 0 Å². The summed E-state index contributed by atoms with van der Waals surface area (Å²) in [4.78, 5) is 9.75. The molecule has 0 aromatic heterocycles. The Kier molecular flexibility index (Phi) is 6.94. The van der Waals surface area contributed by atoms with E-state index in [9.17, 15) is 4.91 Å². The maximum atomic E-state index is 9.75. The Morgan fingerprint density at radius 3 is 2.91 bits per heavy atom. The number of rotatable bonds is 6. The van der Waals surface area contributed by atoms with Crippen molar-refractivity contribution < 1.29 is 0 Å². The molecule has 0 atom stereocenters. The van der Waals surface area contributed by atoms with Gasteiger partial charge in [-0.3, -0.25) is 0 Å². The zero-order valence-corrected chi connectivity index (χ0v) is 7.26. The van der Waals surface area contributed by atoms with Crippen LogP contribution in [0.15, 0.2) is 16.8 Å². The van der Waals surface area contributed by atoms with Gasteiger partial charge < -0.3 is 5.32 Å². The van der Waals surface area contributed by atoms with E-state index in [1.165, 1.54) is 5.57 Å². The van der Waals surface area contributed by atoms with Gasteiger partial charge in [0.2, 0.25) is 0 Å². The minimum absolute atomic E-state index is 0.405. The molecular weight excluding hydrogens is 140 g/mol. The molecule has 64 valence electrons. The molecule has 0 bridgehead atoms. The van der Waals surface area contributed by atoms with Crippen LogP contribution in [0.4, 0.5) is 0 Å². The minimum atomic E-state index is 0.405. The molecule has 0 rings (SSSR count). The van der Waals surface area contributed by atoms with Crippen molar-refractivity contribution in [1.29, 1.82) is 0 Å². The zero-order valence-electron chi connectivity index (χ0n) is 7.26. The highest BCUT2D eigenvalue weighted by Gasteiger charge is 1.88. The Hall–Kier alpha value is -0.700. The quantitative estimate of drug-likeness (QED) is 0.361. The van der Waals surface area contributed by atoms with Crippen LogP contribution in [-0.2, 0) is 0 Å². The number of hydrogen-bond acceptors (Lipinski definition) is 3. The SMILES string of the molecule is CNCC/C=C(/C)CCN=O. The Bertz CT molecular complexity index is 132. The Morgan fingerprint density at radius 1 is 1.64 bits per heavy atom. The van der Waals surface area contributed by atoms with Crippen molar-refractivity contribution in [3.63, 3.8) is 0 Å². The molecule has 0 aliphatic carbocycles. The standard InChI is InChI=1S/C8H16N2O/c1-8(5-7-10-11)4-3-6-9-2/h4,9H,3,5-7H2,1-2H3/b8-4-. The molecule has 11 heavy (non-hydrogen) atoms. The summed E-state index contributed by atoms with van der Waals surface area (Å²) in [6, 6.07) is 0. The fourth-order valence-electron chi connectivity index (χ4n) is 0.787. The smallest absolute Gasteiger partial charge is 0.0848 e. The van der Waals surface area contributed by atoms with Gasteiger partial charge in [0.15, 0.2) is 0 Å². The lowest BCUT2D eigenvalue weighted by molar-refractivity contribution is 0.799. The maximum absolute atomic E-state index is 9.75. The molecular formula is C8H16N2O.